The van der Waals surface area contributed by atoms with Crippen molar-refractivity contribution in [1.29, 1.82) is 5.26 Å². The fraction of sp³-hybridized carbons (Fsp3) is 0.136. The number of benzene rings is 2. The van der Waals surface area contributed by atoms with Gasteiger partial charge in [0.2, 0.25) is 0 Å². The minimum Gasteiger partial charge on any atom is -0.493 e. The number of aromatic nitrogens is 1. The molecule has 0 radical (unpaired) electrons. The number of thiazole rings is 1. The van der Waals surface area contributed by atoms with Crippen LogP contribution >= 0.6 is 11.3 Å². The first-order valence-corrected chi connectivity index (χ1v) is 9.50. The summed E-state index contributed by atoms with van der Waals surface area (Å²) in [7, 11) is 3.17. The van der Waals surface area contributed by atoms with Crippen molar-refractivity contribution in [2.45, 2.75) is 6.92 Å². The van der Waals surface area contributed by atoms with E-state index in [1.54, 1.807) is 44.6 Å². The van der Waals surface area contributed by atoms with E-state index in [9.17, 15) is 10.1 Å². The van der Waals surface area contributed by atoms with Crippen LogP contribution in [0.5, 0.6) is 17.2 Å². The minimum absolute atomic E-state index is 0.378. The molecule has 1 heterocycles. The number of allylic oxidation sites excluding steroid dienone is 1. The third kappa shape index (κ3) is 4.81. The molecule has 0 atom stereocenters. The van der Waals surface area contributed by atoms with E-state index < -0.39 is 0 Å². The molecule has 0 aliphatic heterocycles. The molecule has 0 fully saturated rings. The molecule has 0 aliphatic rings. The zero-order valence-corrected chi connectivity index (χ0v) is 16.9. The lowest BCUT2D eigenvalue weighted by molar-refractivity contribution is -0.131. The van der Waals surface area contributed by atoms with Crippen molar-refractivity contribution < 1.29 is 19.0 Å². The summed E-state index contributed by atoms with van der Waals surface area (Å²) in [6, 6.07) is 14.7. The Labute approximate surface area is 172 Å². The number of carbonyl (C=O) groups is 1. The second-order valence-electron chi connectivity index (χ2n) is 5.94. The van der Waals surface area contributed by atoms with E-state index in [-0.39, 0.29) is 5.97 Å². The lowest BCUT2D eigenvalue weighted by Crippen LogP contribution is -2.00. The topological polar surface area (TPSA) is 81.4 Å². The van der Waals surface area contributed by atoms with E-state index >= 15 is 0 Å². The summed E-state index contributed by atoms with van der Waals surface area (Å²) in [4.78, 5) is 15.6. The molecule has 0 saturated heterocycles. The number of nitrogens with zero attached hydrogens (tertiary/aromatic N) is 2. The molecule has 0 aliphatic carbocycles. The largest absolute Gasteiger partial charge is 0.493 e. The quantitative estimate of drug-likeness (QED) is 0.332. The first-order chi connectivity index (χ1) is 14.0. The number of carbonyl (C=O) groups excluding carboxylic acids is 1. The predicted molar refractivity (Wildman–Crippen MR) is 112 cm³/mol. The Bertz CT molecular complexity index is 1090. The van der Waals surface area contributed by atoms with Crippen molar-refractivity contribution in [2.24, 2.45) is 0 Å². The lowest BCUT2D eigenvalue weighted by Gasteiger charge is -2.08. The van der Waals surface area contributed by atoms with E-state index in [0.717, 1.165) is 16.8 Å². The van der Waals surface area contributed by atoms with Crippen LogP contribution in [0.1, 0.15) is 17.5 Å². The first-order valence-electron chi connectivity index (χ1n) is 8.62. The van der Waals surface area contributed by atoms with Crippen LogP contribution in [0, 0.1) is 11.3 Å². The number of esters is 1. The van der Waals surface area contributed by atoms with Crippen LogP contribution in [0.2, 0.25) is 0 Å². The Morgan fingerprint density at radius 1 is 1.10 bits per heavy atom. The van der Waals surface area contributed by atoms with Crippen molar-refractivity contribution in [2.75, 3.05) is 14.2 Å². The van der Waals surface area contributed by atoms with Crippen LogP contribution in [0.15, 0.2) is 47.8 Å². The highest BCUT2D eigenvalue weighted by Gasteiger charge is 2.12. The Morgan fingerprint density at radius 3 is 2.45 bits per heavy atom. The summed E-state index contributed by atoms with van der Waals surface area (Å²) in [6.07, 6.45) is 1.74. The molecule has 3 rings (SSSR count). The molecule has 0 amide bonds. The lowest BCUT2D eigenvalue weighted by atomic mass is 10.1. The van der Waals surface area contributed by atoms with E-state index in [1.165, 1.54) is 18.3 Å². The molecule has 29 heavy (non-hydrogen) atoms. The number of nitriles is 1. The highest BCUT2D eigenvalue weighted by molar-refractivity contribution is 7.11. The maximum Gasteiger partial charge on any atom is 0.308 e. The van der Waals surface area contributed by atoms with Crippen molar-refractivity contribution in [3.63, 3.8) is 0 Å². The Morgan fingerprint density at radius 2 is 1.83 bits per heavy atom. The van der Waals surface area contributed by atoms with Gasteiger partial charge in [0.15, 0.2) is 11.5 Å². The molecule has 0 spiro atoms. The number of rotatable bonds is 6. The zero-order valence-electron chi connectivity index (χ0n) is 16.1. The second kappa shape index (κ2) is 9.04. The van der Waals surface area contributed by atoms with Gasteiger partial charge in [-0.2, -0.15) is 5.26 Å². The summed E-state index contributed by atoms with van der Waals surface area (Å²) >= 11 is 1.39. The molecule has 0 bridgehead atoms. The van der Waals surface area contributed by atoms with Gasteiger partial charge in [-0.1, -0.05) is 12.1 Å². The third-order valence-electron chi connectivity index (χ3n) is 3.99. The normalized spacial score (nSPS) is 10.9. The monoisotopic (exact) mass is 406 g/mol. The van der Waals surface area contributed by atoms with Gasteiger partial charge in [0.05, 0.1) is 25.5 Å². The Kier molecular flexibility index (Phi) is 6.27. The van der Waals surface area contributed by atoms with Gasteiger partial charge in [0, 0.05) is 17.9 Å². The maximum absolute atomic E-state index is 11.0. The average Bonchev–Trinajstić information content (AvgIpc) is 3.22. The third-order valence-corrected chi connectivity index (χ3v) is 4.86. The van der Waals surface area contributed by atoms with Gasteiger partial charge >= 0.3 is 5.97 Å². The van der Waals surface area contributed by atoms with Crippen LogP contribution in [-0.4, -0.2) is 25.2 Å². The fourth-order valence-corrected chi connectivity index (χ4v) is 3.43. The fourth-order valence-electron chi connectivity index (χ4n) is 2.63. The van der Waals surface area contributed by atoms with Crippen LogP contribution in [-0.2, 0) is 4.79 Å². The molecule has 1 aromatic heterocycles. The maximum atomic E-state index is 11.0. The molecule has 3 aromatic rings. The Hall–Kier alpha value is -3.63. The van der Waals surface area contributed by atoms with Gasteiger partial charge in [0.1, 0.15) is 16.8 Å². The summed E-state index contributed by atoms with van der Waals surface area (Å²) in [6.45, 7) is 1.35. The van der Waals surface area contributed by atoms with Crippen LogP contribution < -0.4 is 14.2 Å². The average molecular weight is 406 g/mol. The SMILES string of the molecule is COc1ccc(-c2csc(/C(C#N)=C/c3ccc(OC(C)=O)cc3)n2)cc1OC. The summed E-state index contributed by atoms with van der Waals surface area (Å²) in [5.74, 6) is 1.33. The van der Waals surface area contributed by atoms with Gasteiger partial charge in [-0.05, 0) is 42.0 Å². The van der Waals surface area contributed by atoms with Crippen molar-refractivity contribution in [3.8, 4) is 34.6 Å². The summed E-state index contributed by atoms with van der Waals surface area (Å²) < 4.78 is 15.6. The summed E-state index contributed by atoms with van der Waals surface area (Å²) in [5.41, 5.74) is 2.87. The van der Waals surface area contributed by atoms with Crippen LogP contribution in [0.4, 0.5) is 0 Å². The van der Waals surface area contributed by atoms with E-state index in [1.807, 2.05) is 23.6 Å². The molecular weight excluding hydrogens is 388 g/mol. The standard InChI is InChI=1S/C22H18N2O4S/c1-14(25)28-18-7-4-15(5-8-18)10-17(12-23)22-24-19(13-29-22)16-6-9-20(26-2)21(11-16)27-3/h4-11,13H,1-3H3/b17-10+. The highest BCUT2D eigenvalue weighted by atomic mass is 32.1. The van der Waals surface area contributed by atoms with Gasteiger partial charge in [-0.15, -0.1) is 11.3 Å². The molecule has 7 heteroatoms. The molecule has 146 valence electrons. The van der Waals surface area contributed by atoms with Gasteiger partial charge < -0.3 is 14.2 Å². The van der Waals surface area contributed by atoms with Crippen molar-refractivity contribution >= 4 is 29.0 Å². The van der Waals surface area contributed by atoms with Gasteiger partial charge in [-0.3, -0.25) is 4.79 Å². The van der Waals surface area contributed by atoms with Gasteiger partial charge in [-0.25, -0.2) is 4.98 Å². The zero-order chi connectivity index (χ0) is 20.8. The Balaban J connectivity index is 1.87. The molecule has 2 aromatic carbocycles. The molecule has 0 unspecified atom stereocenters. The molecule has 0 saturated carbocycles. The van der Waals surface area contributed by atoms with E-state index in [0.29, 0.717) is 27.8 Å². The number of methoxy groups -OCH3 is 2. The number of ether oxygens (including phenoxy) is 3. The smallest absolute Gasteiger partial charge is 0.308 e. The minimum atomic E-state index is -0.378. The van der Waals surface area contributed by atoms with Crippen molar-refractivity contribution in [1.82, 2.24) is 4.98 Å². The van der Waals surface area contributed by atoms with E-state index in [4.69, 9.17) is 14.2 Å². The van der Waals surface area contributed by atoms with Crippen LogP contribution in [0.25, 0.3) is 22.9 Å². The number of hydrogen-bond donors (Lipinski definition) is 0. The second-order valence-corrected chi connectivity index (χ2v) is 6.80. The first kappa shape index (κ1) is 20.1. The molecular formula is C22H18N2O4S. The van der Waals surface area contributed by atoms with E-state index in [2.05, 4.69) is 11.1 Å². The summed E-state index contributed by atoms with van der Waals surface area (Å²) in [5, 5.41) is 12.1. The molecule has 0 N–H and O–H groups in total. The predicted octanol–water partition coefficient (Wildman–Crippen LogP) is 4.82. The number of hydrogen-bond acceptors (Lipinski definition) is 7. The highest BCUT2D eigenvalue weighted by Crippen LogP contribution is 2.34. The van der Waals surface area contributed by atoms with Crippen LogP contribution in [0.3, 0.4) is 0 Å². The van der Waals surface area contributed by atoms with Crippen molar-refractivity contribution in [3.05, 3.63) is 58.4 Å². The van der Waals surface area contributed by atoms with Gasteiger partial charge in [0.25, 0.3) is 0 Å². The molecule has 6 nitrogen and oxygen atoms in total.